The summed E-state index contributed by atoms with van der Waals surface area (Å²) >= 11 is 0. The van der Waals surface area contributed by atoms with Crippen LogP contribution >= 0.6 is 0 Å². The van der Waals surface area contributed by atoms with E-state index >= 15 is 0 Å². The predicted molar refractivity (Wildman–Crippen MR) is 71.9 cm³/mol. The molecule has 0 saturated carbocycles. The number of nitrogens with two attached hydrogens (primary N) is 1. The Balaban J connectivity index is 2.47. The van der Waals surface area contributed by atoms with Crippen molar-refractivity contribution in [2.75, 3.05) is 26.1 Å². The molecule has 0 fully saturated rings. The van der Waals surface area contributed by atoms with Gasteiger partial charge in [0.05, 0.1) is 25.3 Å². The van der Waals surface area contributed by atoms with Crippen LogP contribution in [-0.4, -0.2) is 29.9 Å². The summed E-state index contributed by atoms with van der Waals surface area (Å²) in [6.07, 6.45) is 0. The number of hydrogen-bond acceptors (Lipinski definition) is 4. The summed E-state index contributed by atoms with van der Waals surface area (Å²) < 4.78 is 12.7. The molecule has 1 heterocycles. The summed E-state index contributed by atoms with van der Waals surface area (Å²) in [6, 6.07) is 5.95. The fourth-order valence-electron chi connectivity index (χ4n) is 2.10. The molecule has 0 radical (unpaired) electrons. The van der Waals surface area contributed by atoms with Crippen molar-refractivity contribution in [2.24, 2.45) is 0 Å². The fraction of sp³-hybridized carbons (Fsp3) is 0.462. The second-order valence-electron chi connectivity index (χ2n) is 4.18. The molecule has 0 bridgehead atoms. The van der Waals surface area contributed by atoms with Crippen molar-refractivity contribution < 1.29 is 9.47 Å². The van der Waals surface area contributed by atoms with E-state index < -0.39 is 0 Å². The standard InChI is InChI=1S/C13H19N3O2/c1-4-18-8-9(2)16-10-6-5-7-11(17-3)12(10)15-13(16)14/h5-7,9H,4,8H2,1-3H3,(H2,14,15). The first-order valence-corrected chi connectivity index (χ1v) is 6.07. The summed E-state index contributed by atoms with van der Waals surface area (Å²) in [6.45, 7) is 5.35. The van der Waals surface area contributed by atoms with Gasteiger partial charge in [0.2, 0.25) is 5.95 Å². The SMILES string of the molecule is CCOCC(C)n1c(N)nc2c(OC)cccc21. The second kappa shape index (κ2) is 5.27. The third-order valence-corrected chi connectivity index (χ3v) is 2.93. The normalized spacial score (nSPS) is 12.8. The van der Waals surface area contributed by atoms with Crippen LogP contribution in [0.25, 0.3) is 11.0 Å². The summed E-state index contributed by atoms with van der Waals surface area (Å²) in [4.78, 5) is 4.37. The molecular weight excluding hydrogens is 230 g/mol. The number of ether oxygens (including phenoxy) is 2. The Bertz CT molecular complexity index is 536. The number of para-hydroxylation sites is 1. The van der Waals surface area contributed by atoms with E-state index in [-0.39, 0.29) is 6.04 Å². The Morgan fingerprint density at radius 3 is 2.89 bits per heavy atom. The predicted octanol–water partition coefficient (Wildman–Crippen LogP) is 2.22. The number of aromatic nitrogens is 2. The average Bonchev–Trinajstić information content (AvgIpc) is 2.71. The topological polar surface area (TPSA) is 62.3 Å². The van der Waals surface area contributed by atoms with Gasteiger partial charge in [-0.15, -0.1) is 0 Å². The molecule has 5 nitrogen and oxygen atoms in total. The molecule has 0 saturated heterocycles. The van der Waals surface area contributed by atoms with Gasteiger partial charge in [0.1, 0.15) is 11.3 Å². The zero-order valence-electron chi connectivity index (χ0n) is 11.0. The molecule has 0 amide bonds. The molecule has 98 valence electrons. The third-order valence-electron chi connectivity index (χ3n) is 2.93. The first-order chi connectivity index (χ1) is 8.69. The summed E-state index contributed by atoms with van der Waals surface area (Å²) in [5, 5.41) is 0. The highest BCUT2D eigenvalue weighted by molar-refractivity contribution is 5.84. The maximum atomic E-state index is 5.99. The van der Waals surface area contributed by atoms with Gasteiger partial charge in [-0.05, 0) is 26.0 Å². The van der Waals surface area contributed by atoms with Gasteiger partial charge in [-0.3, -0.25) is 0 Å². The van der Waals surface area contributed by atoms with Crippen LogP contribution in [0.5, 0.6) is 5.75 Å². The molecule has 1 aromatic heterocycles. The molecule has 0 aliphatic heterocycles. The molecule has 1 atom stereocenters. The molecule has 1 unspecified atom stereocenters. The number of methoxy groups -OCH3 is 1. The highest BCUT2D eigenvalue weighted by Crippen LogP contribution is 2.29. The molecule has 2 rings (SSSR count). The number of nitrogens with zero attached hydrogens (tertiary/aromatic N) is 2. The molecule has 0 aliphatic rings. The van der Waals surface area contributed by atoms with E-state index in [1.54, 1.807) is 7.11 Å². The van der Waals surface area contributed by atoms with E-state index in [0.717, 1.165) is 16.8 Å². The van der Waals surface area contributed by atoms with Crippen molar-refractivity contribution in [3.63, 3.8) is 0 Å². The van der Waals surface area contributed by atoms with Gasteiger partial charge < -0.3 is 19.8 Å². The number of anilines is 1. The third kappa shape index (κ3) is 2.13. The van der Waals surface area contributed by atoms with Crippen LogP contribution in [0.2, 0.25) is 0 Å². The van der Waals surface area contributed by atoms with E-state index in [9.17, 15) is 0 Å². The van der Waals surface area contributed by atoms with Gasteiger partial charge in [-0.2, -0.15) is 0 Å². The van der Waals surface area contributed by atoms with Crippen LogP contribution < -0.4 is 10.5 Å². The first kappa shape index (κ1) is 12.7. The van der Waals surface area contributed by atoms with Crippen molar-refractivity contribution >= 4 is 17.0 Å². The van der Waals surface area contributed by atoms with E-state index in [1.165, 1.54) is 0 Å². The number of rotatable bonds is 5. The van der Waals surface area contributed by atoms with Gasteiger partial charge >= 0.3 is 0 Å². The summed E-state index contributed by atoms with van der Waals surface area (Å²) in [5.74, 6) is 1.23. The van der Waals surface area contributed by atoms with Crippen molar-refractivity contribution in [1.82, 2.24) is 9.55 Å². The van der Waals surface area contributed by atoms with Crippen LogP contribution in [0.4, 0.5) is 5.95 Å². The molecule has 5 heteroatoms. The van der Waals surface area contributed by atoms with Crippen LogP contribution in [-0.2, 0) is 4.74 Å². The number of benzene rings is 1. The maximum Gasteiger partial charge on any atom is 0.201 e. The Morgan fingerprint density at radius 1 is 1.44 bits per heavy atom. The zero-order chi connectivity index (χ0) is 13.1. The lowest BCUT2D eigenvalue weighted by Gasteiger charge is -2.15. The van der Waals surface area contributed by atoms with Crippen LogP contribution in [0.15, 0.2) is 18.2 Å². The highest BCUT2D eigenvalue weighted by Gasteiger charge is 2.16. The minimum atomic E-state index is 0.141. The van der Waals surface area contributed by atoms with Crippen molar-refractivity contribution in [3.05, 3.63) is 18.2 Å². The van der Waals surface area contributed by atoms with Crippen LogP contribution in [0, 0.1) is 0 Å². The lowest BCUT2D eigenvalue weighted by molar-refractivity contribution is 0.120. The molecule has 2 aromatic rings. The first-order valence-electron chi connectivity index (χ1n) is 6.07. The van der Waals surface area contributed by atoms with Gasteiger partial charge in [0.25, 0.3) is 0 Å². The van der Waals surface area contributed by atoms with Crippen LogP contribution in [0.1, 0.15) is 19.9 Å². The average molecular weight is 249 g/mol. The van der Waals surface area contributed by atoms with Crippen molar-refractivity contribution in [2.45, 2.75) is 19.9 Å². The molecule has 0 spiro atoms. The number of imidazole rings is 1. The second-order valence-corrected chi connectivity index (χ2v) is 4.18. The van der Waals surface area contributed by atoms with Crippen molar-refractivity contribution in [1.29, 1.82) is 0 Å². The molecular formula is C13H19N3O2. The van der Waals surface area contributed by atoms with Gasteiger partial charge in [-0.1, -0.05) is 6.07 Å². The van der Waals surface area contributed by atoms with Gasteiger partial charge in [0.15, 0.2) is 0 Å². The lowest BCUT2D eigenvalue weighted by Crippen LogP contribution is -2.14. The zero-order valence-corrected chi connectivity index (χ0v) is 11.0. The number of fused-ring (bicyclic) bond motifs is 1. The number of nitrogen functional groups attached to an aromatic ring is 1. The van der Waals surface area contributed by atoms with Crippen molar-refractivity contribution in [3.8, 4) is 5.75 Å². The monoisotopic (exact) mass is 249 g/mol. The molecule has 18 heavy (non-hydrogen) atoms. The fourth-order valence-corrected chi connectivity index (χ4v) is 2.10. The van der Waals surface area contributed by atoms with Crippen LogP contribution in [0.3, 0.4) is 0 Å². The van der Waals surface area contributed by atoms with E-state index in [4.69, 9.17) is 15.2 Å². The largest absolute Gasteiger partial charge is 0.494 e. The maximum absolute atomic E-state index is 5.99. The minimum absolute atomic E-state index is 0.141. The Labute approximate surface area is 107 Å². The Hall–Kier alpha value is -1.75. The highest BCUT2D eigenvalue weighted by atomic mass is 16.5. The van der Waals surface area contributed by atoms with Gasteiger partial charge in [-0.25, -0.2) is 4.98 Å². The molecule has 2 N–H and O–H groups in total. The molecule has 0 aliphatic carbocycles. The Kier molecular flexibility index (Phi) is 3.72. The van der Waals surface area contributed by atoms with E-state index in [1.807, 2.05) is 29.7 Å². The summed E-state index contributed by atoms with van der Waals surface area (Å²) in [7, 11) is 1.63. The van der Waals surface area contributed by atoms with E-state index in [0.29, 0.717) is 19.2 Å². The number of hydrogen-bond donors (Lipinski definition) is 1. The lowest BCUT2D eigenvalue weighted by atomic mass is 10.2. The molecule has 1 aromatic carbocycles. The Morgan fingerprint density at radius 2 is 2.22 bits per heavy atom. The van der Waals surface area contributed by atoms with Gasteiger partial charge in [0, 0.05) is 6.61 Å². The quantitative estimate of drug-likeness (QED) is 0.882. The smallest absolute Gasteiger partial charge is 0.201 e. The minimum Gasteiger partial charge on any atom is -0.494 e. The summed E-state index contributed by atoms with van der Waals surface area (Å²) in [5.41, 5.74) is 7.75. The van der Waals surface area contributed by atoms with E-state index in [2.05, 4.69) is 11.9 Å².